The fraction of sp³-hybridized carbons (Fsp3) is 0.154. The van der Waals surface area contributed by atoms with Gasteiger partial charge >= 0.3 is 0 Å². The maximum Gasteiger partial charge on any atom is 0.197 e. The molecule has 4 aromatic heterocycles. The lowest BCUT2D eigenvalue weighted by Crippen LogP contribution is -1.95. The number of aryl methyl sites for hydroxylation is 1. The van der Waals surface area contributed by atoms with E-state index in [2.05, 4.69) is 34.5 Å². The number of rotatable bonds is 4. The Hall–Kier alpha value is -2.71. The molecule has 35 heavy (non-hydrogen) atoms. The van der Waals surface area contributed by atoms with Crippen LogP contribution < -0.4 is 0 Å². The number of nitrogens with zero attached hydrogens (tertiary/aromatic N) is 5. The smallest absolute Gasteiger partial charge is 0.197 e. The highest BCUT2D eigenvalue weighted by Gasteiger charge is 2.25. The molecule has 7 rings (SSSR count). The quantitative estimate of drug-likeness (QED) is 0.218. The van der Waals surface area contributed by atoms with Crippen LogP contribution in [0.1, 0.15) is 23.1 Å². The van der Waals surface area contributed by atoms with Crippen LogP contribution in [-0.2, 0) is 18.6 Å². The summed E-state index contributed by atoms with van der Waals surface area (Å²) in [6.07, 6.45) is 5.10. The van der Waals surface area contributed by atoms with E-state index in [4.69, 9.17) is 33.2 Å². The zero-order chi connectivity index (χ0) is 23.5. The number of thioether (sulfide) groups is 1. The molecule has 2 aromatic carbocycles. The molecule has 0 aliphatic heterocycles. The highest BCUT2D eigenvalue weighted by atomic mass is 35.5. The van der Waals surface area contributed by atoms with Crippen molar-refractivity contribution in [2.75, 3.05) is 0 Å². The van der Waals surface area contributed by atoms with Crippen molar-refractivity contribution in [2.24, 2.45) is 0 Å². The van der Waals surface area contributed by atoms with Crippen molar-refractivity contribution >= 4 is 72.4 Å². The minimum absolute atomic E-state index is 0.628. The topological polar surface area (TPSA) is 56.0 Å². The van der Waals surface area contributed by atoms with Gasteiger partial charge in [-0.05, 0) is 48.1 Å². The highest BCUT2D eigenvalue weighted by Crippen LogP contribution is 2.43. The molecular formula is C26H17Cl2N5S2. The van der Waals surface area contributed by atoms with Crippen molar-refractivity contribution in [3.05, 3.63) is 81.6 Å². The Morgan fingerprint density at radius 1 is 1.00 bits per heavy atom. The fourth-order valence-electron chi connectivity index (χ4n) is 4.85. The number of aromatic nitrogens is 5. The molecule has 9 heteroatoms. The van der Waals surface area contributed by atoms with Gasteiger partial charge in [-0.15, -0.1) is 21.5 Å². The largest absolute Gasteiger partial charge is 0.259 e. The van der Waals surface area contributed by atoms with Crippen LogP contribution in [0.3, 0.4) is 0 Å². The Balaban J connectivity index is 1.35. The number of halogens is 2. The average molecular weight is 534 g/mol. The number of thiophene rings is 1. The minimum atomic E-state index is 0.628. The first kappa shape index (κ1) is 21.6. The number of hydrogen-bond acceptors (Lipinski definition) is 6. The maximum absolute atomic E-state index is 6.36. The lowest BCUT2D eigenvalue weighted by Gasteiger charge is -2.09. The Morgan fingerprint density at radius 3 is 2.71 bits per heavy atom. The molecule has 0 saturated heterocycles. The number of fused-ring (bicyclic) bond motifs is 7. The predicted octanol–water partition coefficient (Wildman–Crippen LogP) is 7.64. The maximum atomic E-state index is 6.36. The molecule has 0 saturated carbocycles. The molecule has 0 amide bonds. The van der Waals surface area contributed by atoms with Gasteiger partial charge in [0.15, 0.2) is 10.8 Å². The van der Waals surface area contributed by atoms with Crippen LogP contribution in [0.2, 0.25) is 10.0 Å². The van der Waals surface area contributed by atoms with Crippen LogP contribution in [0.15, 0.2) is 60.0 Å². The van der Waals surface area contributed by atoms with E-state index in [9.17, 15) is 0 Å². The third-order valence-electron chi connectivity index (χ3n) is 6.47. The van der Waals surface area contributed by atoms with Crippen molar-refractivity contribution in [3.63, 3.8) is 0 Å². The van der Waals surface area contributed by atoms with Crippen molar-refractivity contribution in [2.45, 2.75) is 30.2 Å². The lowest BCUT2D eigenvalue weighted by molar-refractivity contribution is 0.907. The van der Waals surface area contributed by atoms with Crippen molar-refractivity contribution in [1.82, 2.24) is 24.6 Å². The second-order valence-corrected chi connectivity index (χ2v) is 11.3. The van der Waals surface area contributed by atoms with E-state index in [0.29, 0.717) is 15.8 Å². The minimum Gasteiger partial charge on any atom is -0.259 e. The molecule has 4 heterocycles. The monoisotopic (exact) mass is 533 g/mol. The number of pyridine rings is 1. The molecule has 0 fully saturated rings. The predicted molar refractivity (Wildman–Crippen MR) is 145 cm³/mol. The van der Waals surface area contributed by atoms with Crippen LogP contribution in [0.5, 0.6) is 0 Å². The molecule has 0 atom stereocenters. The third kappa shape index (κ3) is 3.52. The second-order valence-electron chi connectivity index (χ2n) is 8.54. The molecule has 0 unspecified atom stereocenters. The van der Waals surface area contributed by atoms with Gasteiger partial charge in [0.05, 0.1) is 11.2 Å². The zero-order valence-corrected chi connectivity index (χ0v) is 21.5. The molecule has 0 spiro atoms. The standard InChI is InChI=1S/C26H17Cl2N5S2/c27-16-10-9-15(19(28)11-16)12-34-26-32-31-24-23-22(29-13-33(24)26)20-17-7-4-8-18(17)21(30-25(20)35-23)14-5-2-1-3-6-14/h1-3,5-6,9-11,13H,4,7-8,12H2. The van der Waals surface area contributed by atoms with Gasteiger partial charge in [0.25, 0.3) is 0 Å². The first-order valence-corrected chi connectivity index (χ1v) is 13.8. The van der Waals surface area contributed by atoms with Crippen molar-refractivity contribution in [1.29, 1.82) is 0 Å². The van der Waals surface area contributed by atoms with E-state index in [-0.39, 0.29) is 0 Å². The summed E-state index contributed by atoms with van der Waals surface area (Å²) >= 11 is 15.6. The molecule has 172 valence electrons. The van der Waals surface area contributed by atoms with Gasteiger partial charge in [-0.3, -0.25) is 4.40 Å². The van der Waals surface area contributed by atoms with Crippen LogP contribution >= 0.6 is 46.3 Å². The average Bonchev–Trinajstić information content (AvgIpc) is 3.59. The molecular weight excluding hydrogens is 517 g/mol. The molecule has 0 bridgehead atoms. The second kappa shape index (κ2) is 8.45. The third-order valence-corrected chi connectivity index (χ3v) is 9.12. The SMILES string of the molecule is Clc1ccc(CSc2nnc3c4sc5nc(-c6ccccc6)c6c(c5c4ncn23)CCC6)c(Cl)c1. The fourth-order valence-corrected chi connectivity index (χ4v) is 7.45. The summed E-state index contributed by atoms with van der Waals surface area (Å²) in [5.74, 6) is 0.663. The molecule has 0 radical (unpaired) electrons. The molecule has 1 aliphatic rings. The summed E-state index contributed by atoms with van der Waals surface area (Å²) in [7, 11) is 0. The van der Waals surface area contributed by atoms with E-state index in [0.717, 1.165) is 56.4 Å². The Labute approximate surface area is 219 Å². The lowest BCUT2D eigenvalue weighted by atomic mass is 10.0. The first-order chi connectivity index (χ1) is 17.2. The van der Waals surface area contributed by atoms with E-state index >= 15 is 0 Å². The Morgan fingerprint density at radius 2 is 1.86 bits per heavy atom. The van der Waals surface area contributed by atoms with E-state index in [1.807, 2.05) is 28.9 Å². The van der Waals surface area contributed by atoms with Gasteiger partial charge < -0.3 is 0 Å². The number of hydrogen-bond donors (Lipinski definition) is 0. The summed E-state index contributed by atoms with van der Waals surface area (Å²) < 4.78 is 2.99. The summed E-state index contributed by atoms with van der Waals surface area (Å²) in [6, 6.07) is 16.0. The Bertz CT molecular complexity index is 1760. The van der Waals surface area contributed by atoms with E-state index in [1.54, 1.807) is 29.2 Å². The molecule has 0 N–H and O–H groups in total. The van der Waals surface area contributed by atoms with Crippen molar-refractivity contribution in [3.8, 4) is 11.3 Å². The van der Waals surface area contributed by atoms with Crippen LogP contribution in [0, 0.1) is 0 Å². The van der Waals surface area contributed by atoms with Gasteiger partial charge in [0, 0.05) is 26.7 Å². The summed E-state index contributed by atoms with van der Waals surface area (Å²) in [5.41, 5.74) is 7.83. The van der Waals surface area contributed by atoms with Gasteiger partial charge in [-0.2, -0.15) is 0 Å². The zero-order valence-electron chi connectivity index (χ0n) is 18.3. The van der Waals surface area contributed by atoms with Gasteiger partial charge in [-0.25, -0.2) is 9.97 Å². The van der Waals surface area contributed by atoms with Gasteiger partial charge in [0.1, 0.15) is 15.9 Å². The van der Waals surface area contributed by atoms with Crippen molar-refractivity contribution < 1.29 is 0 Å². The summed E-state index contributed by atoms with van der Waals surface area (Å²) in [6.45, 7) is 0. The van der Waals surface area contributed by atoms with E-state index in [1.165, 1.54) is 22.1 Å². The first-order valence-electron chi connectivity index (χ1n) is 11.3. The van der Waals surface area contributed by atoms with Gasteiger partial charge in [0.2, 0.25) is 0 Å². The number of benzene rings is 2. The van der Waals surface area contributed by atoms with Crippen LogP contribution in [0.25, 0.3) is 37.3 Å². The normalized spacial score (nSPS) is 13.3. The summed E-state index contributed by atoms with van der Waals surface area (Å²) in [5, 5.41) is 12.3. The van der Waals surface area contributed by atoms with Gasteiger partial charge in [-0.1, -0.05) is 71.4 Å². The van der Waals surface area contributed by atoms with Crippen LogP contribution in [-0.4, -0.2) is 24.6 Å². The van der Waals surface area contributed by atoms with E-state index < -0.39 is 0 Å². The molecule has 6 aromatic rings. The van der Waals surface area contributed by atoms with Crippen LogP contribution in [0.4, 0.5) is 0 Å². The highest BCUT2D eigenvalue weighted by molar-refractivity contribution is 7.98. The molecule has 5 nitrogen and oxygen atoms in total. The molecule has 1 aliphatic carbocycles. The summed E-state index contributed by atoms with van der Waals surface area (Å²) in [4.78, 5) is 11.1. The Kier molecular flexibility index (Phi) is 5.21.